The Hall–Kier alpha value is -1.67. The number of aliphatic hydroxyl groups is 1. The lowest BCUT2D eigenvalue weighted by molar-refractivity contribution is -0.129. The zero-order valence-corrected chi connectivity index (χ0v) is 26.2. The molecule has 0 aliphatic rings. The van der Waals surface area contributed by atoms with E-state index in [0.29, 0.717) is 32.5 Å². The van der Waals surface area contributed by atoms with E-state index in [1.807, 2.05) is 0 Å². The molecule has 0 radical (unpaired) electrons. The van der Waals surface area contributed by atoms with Crippen molar-refractivity contribution in [1.29, 1.82) is 0 Å². The maximum atomic E-state index is 12.8. The second-order valence-corrected chi connectivity index (χ2v) is 11.4. The van der Waals surface area contributed by atoms with Crippen molar-refractivity contribution < 1.29 is 24.2 Å². The fraction of sp³-hybridized carbons (Fsp3) is 0.906. The second-order valence-electron chi connectivity index (χ2n) is 11.4. The summed E-state index contributed by atoms with van der Waals surface area (Å²) >= 11 is 0. The summed E-state index contributed by atoms with van der Waals surface area (Å²) in [6.07, 6.45) is 21.5. The van der Waals surface area contributed by atoms with Gasteiger partial charge >= 0.3 is 0 Å². The monoisotopic (exact) mass is 569 g/mol. The van der Waals surface area contributed by atoms with Crippen LogP contribution in [0.3, 0.4) is 0 Å². The van der Waals surface area contributed by atoms with E-state index in [0.717, 1.165) is 44.9 Å². The first-order valence-corrected chi connectivity index (χ1v) is 16.4. The highest BCUT2D eigenvalue weighted by molar-refractivity contribution is 5.87. The van der Waals surface area contributed by atoms with Gasteiger partial charge in [-0.25, -0.2) is 0 Å². The summed E-state index contributed by atoms with van der Waals surface area (Å²) in [5.74, 6) is -0.139. The number of methoxy groups -OCH3 is 1. The summed E-state index contributed by atoms with van der Waals surface area (Å²) in [7, 11) is 1.63. The second kappa shape index (κ2) is 28.8. The molecule has 2 atom stereocenters. The Kier molecular flexibility index (Phi) is 27.6. The van der Waals surface area contributed by atoms with Crippen LogP contribution in [0.1, 0.15) is 142 Å². The first-order chi connectivity index (χ1) is 19.4. The molecule has 0 rings (SSSR count). The summed E-state index contributed by atoms with van der Waals surface area (Å²) in [4.78, 5) is 36.5. The summed E-state index contributed by atoms with van der Waals surface area (Å²) in [6, 6.07) is -0.550. The van der Waals surface area contributed by atoms with Gasteiger partial charge in [-0.3, -0.25) is 14.4 Å². The molecule has 3 amide bonds. The average molecular weight is 570 g/mol. The van der Waals surface area contributed by atoms with Crippen molar-refractivity contribution in [2.45, 2.75) is 148 Å². The Morgan fingerprint density at radius 3 is 1.75 bits per heavy atom. The van der Waals surface area contributed by atoms with E-state index in [9.17, 15) is 19.5 Å². The molecule has 4 N–H and O–H groups in total. The molecule has 0 heterocycles. The van der Waals surface area contributed by atoms with Crippen LogP contribution in [-0.4, -0.2) is 62.3 Å². The Balaban J connectivity index is 4.19. The van der Waals surface area contributed by atoms with E-state index in [1.54, 1.807) is 7.11 Å². The van der Waals surface area contributed by atoms with E-state index >= 15 is 0 Å². The molecule has 0 spiro atoms. The molecular weight excluding hydrogens is 506 g/mol. The molecule has 0 aromatic rings. The van der Waals surface area contributed by atoms with Gasteiger partial charge in [-0.1, -0.05) is 90.4 Å². The van der Waals surface area contributed by atoms with Crippen LogP contribution >= 0.6 is 0 Å². The first-order valence-electron chi connectivity index (χ1n) is 16.4. The summed E-state index contributed by atoms with van der Waals surface area (Å²) < 4.78 is 5.11. The normalized spacial score (nSPS) is 12.6. The van der Waals surface area contributed by atoms with Gasteiger partial charge in [0.25, 0.3) is 0 Å². The zero-order valence-electron chi connectivity index (χ0n) is 26.2. The number of hydrogen-bond acceptors (Lipinski definition) is 5. The van der Waals surface area contributed by atoms with Gasteiger partial charge in [0, 0.05) is 46.1 Å². The van der Waals surface area contributed by atoms with Crippen LogP contribution in [0.25, 0.3) is 0 Å². The van der Waals surface area contributed by atoms with Gasteiger partial charge in [0.1, 0.15) is 6.04 Å². The number of nitrogens with one attached hydrogen (secondary N) is 3. The Morgan fingerprint density at radius 1 is 0.700 bits per heavy atom. The first kappa shape index (κ1) is 38.3. The third kappa shape index (κ3) is 25.3. The van der Waals surface area contributed by atoms with Gasteiger partial charge in [0.2, 0.25) is 17.7 Å². The van der Waals surface area contributed by atoms with Crippen LogP contribution in [0.5, 0.6) is 0 Å². The van der Waals surface area contributed by atoms with Gasteiger partial charge in [0.15, 0.2) is 0 Å². The van der Waals surface area contributed by atoms with Crippen molar-refractivity contribution in [3.05, 3.63) is 0 Å². The minimum atomic E-state index is -0.550. The largest absolute Gasteiger partial charge is 0.396 e. The third-order valence-corrected chi connectivity index (χ3v) is 7.45. The number of amides is 3. The smallest absolute Gasteiger partial charge is 0.242 e. The van der Waals surface area contributed by atoms with Crippen LogP contribution < -0.4 is 16.0 Å². The maximum Gasteiger partial charge on any atom is 0.242 e. The fourth-order valence-corrected chi connectivity index (χ4v) is 4.93. The Labute approximate surface area is 245 Å². The molecule has 0 unspecified atom stereocenters. The van der Waals surface area contributed by atoms with Crippen molar-refractivity contribution in [1.82, 2.24) is 16.0 Å². The molecule has 0 saturated heterocycles. The molecule has 0 fully saturated rings. The van der Waals surface area contributed by atoms with E-state index in [4.69, 9.17) is 4.74 Å². The fourth-order valence-electron chi connectivity index (χ4n) is 4.93. The van der Waals surface area contributed by atoms with Crippen molar-refractivity contribution in [3.8, 4) is 0 Å². The molecule has 0 bridgehead atoms. The lowest BCUT2D eigenvalue weighted by Gasteiger charge is -2.19. The van der Waals surface area contributed by atoms with Crippen LogP contribution in [0, 0.1) is 5.92 Å². The van der Waals surface area contributed by atoms with Crippen molar-refractivity contribution in [2.24, 2.45) is 5.92 Å². The van der Waals surface area contributed by atoms with E-state index in [-0.39, 0.29) is 30.2 Å². The number of aliphatic hydroxyl groups excluding tert-OH is 1. The third-order valence-electron chi connectivity index (χ3n) is 7.45. The molecule has 8 heteroatoms. The van der Waals surface area contributed by atoms with Gasteiger partial charge in [-0.15, -0.1) is 0 Å². The van der Waals surface area contributed by atoms with Crippen molar-refractivity contribution >= 4 is 17.7 Å². The molecule has 0 aliphatic carbocycles. The number of hydrogen-bond donors (Lipinski definition) is 4. The molecule has 236 valence electrons. The Morgan fingerprint density at radius 2 is 1.23 bits per heavy atom. The molecular formula is C32H63N3O5. The minimum Gasteiger partial charge on any atom is -0.396 e. The molecule has 8 nitrogen and oxygen atoms in total. The minimum absolute atomic E-state index is 0.0598. The number of carbonyl (C=O) groups excluding carboxylic acids is 3. The zero-order chi connectivity index (χ0) is 29.7. The average Bonchev–Trinajstić information content (AvgIpc) is 2.93. The van der Waals surface area contributed by atoms with E-state index in [1.165, 1.54) is 77.6 Å². The van der Waals surface area contributed by atoms with Crippen LogP contribution in [0.15, 0.2) is 0 Å². The SMILES string of the molecule is CCCCCCCCCCCCCCCC(=O)N[C@@H](CCCCNC(C)=O)C(=O)NCCCC[C@@H](CO)COC. The highest BCUT2D eigenvalue weighted by Gasteiger charge is 2.20. The highest BCUT2D eigenvalue weighted by atomic mass is 16.5. The number of ether oxygens (including phenoxy) is 1. The topological polar surface area (TPSA) is 117 Å². The van der Waals surface area contributed by atoms with Gasteiger partial charge in [-0.05, 0) is 38.5 Å². The molecule has 40 heavy (non-hydrogen) atoms. The predicted molar refractivity (Wildman–Crippen MR) is 164 cm³/mol. The number of carbonyl (C=O) groups is 3. The molecule has 0 saturated carbocycles. The number of rotatable bonds is 29. The molecule has 0 aliphatic heterocycles. The Bertz CT molecular complexity index is 617. The van der Waals surface area contributed by atoms with Crippen molar-refractivity contribution in [3.63, 3.8) is 0 Å². The summed E-state index contributed by atoms with van der Waals surface area (Å²) in [5.41, 5.74) is 0. The van der Waals surface area contributed by atoms with E-state index in [2.05, 4.69) is 22.9 Å². The quantitative estimate of drug-likeness (QED) is 0.0850. The van der Waals surface area contributed by atoms with Crippen LogP contribution in [0.4, 0.5) is 0 Å². The number of unbranched alkanes of at least 4 members (excludes halogenated alkanes) is 14. The summed E-state index contributed by atoms with van der Waals surface area (Å²) in [5, 5.41) is 18.1. The van der Waals surface area contributed by atoms with Gasteiger partial charge < -0.3 is 25.8 Å². The molecule has 0 aromatic heterocycles. The van der Waals surface area contributed by atoms with Crippen LogP contribution in [-0.2, 0) is 19.1 Å². The summed E-state index contributed by atoms with van der Waals surface area (Å²) in [6.45, 7) is 5.50. The standard InChI is InChI=1S/C32H63N3O5/c1-4-5-6-7-8-9-10-11-12-13-14-15-16-23-31(38)35-30(22-18-20-24-33-28(2)37)32(39)34-25-19-17-21-29(26-36)27-40-3/h29-30,36H,4-27H2,1-3H3,(H,33,37)(H,34,39)(H,35,38)/t29-,30-/m0/s1. The van der Waals surface area contributed by atoms with Crippen molar-refractivity contribution in [2.75, 3.05) is 33.4 Å². The molecule has 0 aromatic carbocycles. The highest BCUT2D eigenvalue weighted by Crippen LogP contribution is 2.13. The maximum absolute atomic E-state index is 12.8. The van der Waals surface area contributed by atoms with Gasteiger partial charge in [-0.2, -0.15) is 0 Å². The van der Waals surface area contributed by atoms with E-state index < -0.39 is 6.04 Å². The lowest BCUT2D eigenvalue weighted by atomic mass is 10.0. The van der Waals surface area contributed by atoms with Crippen LogP contribution in [0.2, 0.25) is 0 Å². The predicted octanol–water partition coefficient (Wildman–Crippen LogP) is 5.80. The lowest BCUT2D eigenvalue weighted by Crippen LogP contribution is -2.47. The van der Waals surface area contributed by atoms with Gasteiger partial charge in [0.05, 0.1) is 6.61 Å².